The first-order chi connectivity index (χ1) is 18.1. The molecular weight excluding hydrogens is 541 g/mol. The van der Waals surface area contributed by atoms with E-state index in [1.165, 1.54) is 22.5 Å². The van der Waals surface area contributed by atoms with Crippen LogP contribution in [0.2, 0.25) is 0 Å². The molecule has 0 spiro atoms. The lowest BCUT2D eigenvalue weighted by Crippen LogP contribution is -2.41. The smallest absolute Gasteiger partial charge is 0.407 e. The van der Waals surface area contributed by atoms with Crippen LogP contribution in [0.5, 0.6) is 0 Å². The van der Waals surface area contributed by atoms with Gasteiger partial charge in [0, 0.05) is 35.0 Å². The van der Waals surface area contributed by atoms with Crippen LogP contribution in [0.1, 0.15) is 58.8 Å². The SMILES string of the molecule is CC(C)N(C(C)C)S(=O)(=O)c1ccc(NC(=O)c2ccccc2SC/C(F)=C/CNC(=O)OC(C)(C)C)cc1. The third kappa shape index (κ3) is 9.98. The molecule has 0 aliphatic heterocycles. The highest BCUT2D eigenvalue weighted by Crippen LogP contribution is 2.27. The van der Waals surface area contributed by atoms with Gasteiger partial charge in [-0.1, -0.05) is 12.1 Å². The van der Waals surface area contributed by atoms with Crippen molar-refractivity contribution in [2.75, 3.05) is 17.6 Å². The molecule has 0 fully saturated rings. The van der Waals surface area contributed by atoms with Crippen LogP contribution < -0.4 is 10.6 Å². The molecular formula is C28H38FN3O5S2. The second kappa shape index (κ2) is 14.0. The van der Waals surface area contributed by atoms with E-state index in [0.29, 0.717) is 16.1 Å². The predicted molar refractivity (Wildman–Crippen MR) is 154 cm³/mol. The maximum absolute atomic E-state index is 14.3. The Bertz CT molecular complexity index is 1260. The standard InChI is InChI=1S/C28H38FN3O5S2/c1-19(2)32(20(3)4)39(35,36)23-14-12-22(13-15-23)31-26(33)24-10-8-9-11-25(24)38-18-21(29)16-17-30-27(34)37-28(5,6)7/h8-16,19-20H,17-18H2,1-7H3,(H,30,34)(H,31,33)/b21-16-. The normalized spacial score (nSPS) is 12.6. The summed E-state index contributed by atoms with van der Waals surface area (Å²) in [5.74, 6) is -0.898. The van der Waals surface area contributed by atoms with Crippen molar-refractivity contribution in [1.82, 2.24) is 9.62 Å². The van der Waals surface area contributed by atoms with Crippen LogP contribution in [0, 0.1) is 0 Å². The molecule has 2 aromatic carbocycles. The average molecular weight is 580 g/mol. The number of sulfonamides is 1. The Kier molecular flexibility index (Phi) is 11.6. The van der Waals surface area contributed by atoms with Crippen molar-refractivity contribution >= 4 is 39.5 Å². The minimum atomic E-state index is -3.69. The van der Waals surface area contributed by atoms with Crippen LogP contribution in [0.4, 0.5) is 14.9 Å². The van der Waals surface area contributed by atoms with E-state index in [-0.39, 0.29) is 29.3 Å². The van der Waals surface area contributed by atoms with E-state index < -0.39 is 33.5 Å². The summed E-state index contributed by atoms with van der Waals surface area (Å²) in [4.78, 5) is 25.4. The van der Waals surface area contributed by atoms with Crippen molar-refractivity contribution in [1.29, 1.82) is 0 Å². The molecule has 2 rings (SSSR count). The summed E-state index contributed by atoms with van der Waals surface area (Å²) in [6.07, 6.45) is 0.610. The van der Waals surface area contributed by atoms with Crippen molar-refractivity contribution in [3.05, 3.63) is 66.0 Å². The molecule has 0 aliphatic rings. The number of ether oxygens (including phenoxy) is 1. The summed E-state index contributed by atoms with van der Waals surface area (Å²) >= 11 is 1.14. The number of nitrogens with one attached hydrogen (secondary N) is 2. The summed E-state index contributed by atoms with van der Waals surface area (Å²) in [5, 5.41) is 5.24. The minimum Gasteiger partial charge on any atom is -0.444 e. The second-order valence-electron chi connectivity index (χ2n) is 10.3. The fourth-order valence-corrected chi connectivity index (χ4v) is 6.46. The number of hydrogen-bond donors (Lipinski definition) is 2. The third-order valence-corrected chi connectivity index (χ3v) is 8.52. The van der Waals surface area contributed by atoms with E-state index in [0.717, 1.165) is 11.8 Å². The van der Waals surface area contributed by atoms with E-state index in [1.807, 2.05) is 27.7 Å². The zero-order valence-corrected chi connectivity index (χ0v) is 25.1. The summed E-state index contributed by atoms with van der Waals surface area (Å²) in [5.41, 5.74) is 0.137. The first-order valence-electron chi connectivity index (χ1n) is 12.6. The summed E-state index contributed by atoms with van der Waals surface area (Å²) < 4.78 is 47.0. The van der Waals surface area contributed by atoms with Crippen LogP contribution in [0.3, 0.4) is 0 Å². The second-order valence-corrected chi connectivity index (χ2v) is 13.2. The minimum absolute atomic E-state index is 0.0265. The Labute approximate surface area is 235 Å². The van der Waals surface area contributed by atoms with Crippen LogP contribution in [0.25, 0.3) is 0 Å². The number of carbonyl (C=O) groups is 2. The quantitative estimate of drug-likeness (QED) is 0.307. The number of anilines is 1. The lowest BCUT2D eigenvalue weighted by atomic mass is 10.2. The van der Waals surface area contributed by atoms with Gasteiger partial charge in [-0.25, -0.2) is 17.6 Å². The number of hydrogen-bond acceptors (Lipinski definition) is 6. The maximum Gasteiger partial charge on any atom is 0.407 e. The number of alkyl carbamates (subject to hydrolysis) is 1. The zero-order chi connectivity index (χ0) is 29.4. The summed E-state index contributed by atoms with van der Waals surface area (Å²) in [7, 11) is -3.69. The molecule has 0 unspecified atom stereocenters. The lowest BCUT2D eigenvalue weighted by Gasteiger charge is -2.29. The number of halogens is 1. The number of nitrogens with zero attached hydrogens (tertiary/aromatic N) is 1. The van der Waals surface area contributed by atoms with Crippen molar-refractivity contribution in [2.45, 2.75) is 75.9 Å². The molecule has 0 atom stereocenters. The van der Waals surface area contributed by atoms with Crippen molar-refractivity contribution < 1.29 is 27.1 Å². The summed E-state index contributed by atoms with van der Waals surface area (Å²) in [6, 6.07) is 12.4. The molecule has 0 aromatic heterocycles. The molecule has 2 N–H and O–H groups in total. The highest BCUT2D eigenvalue weighted by Gasteiger charge is 2.29. The van der Waals surface area contributed by atoms with E-state index in [1.54, 1.807) is 57.2 Å². The Morgan fingerprint density at radius 3 is 2.18 bits per heavy atom. The molecule has 0 heterocycles. The highest BCUT2D eigenvalue weighted by atomic mass is 32.2. The fourth-order valence-electron chi connectivity index (χ4n) is 3.73. The Morgan fingerprint density at radius 1 is 1.03 bits per heavy atom. The molecule has 39 heavy (non-hydrogen) atoms. The molecule has 0 aliphatic carbocycles. The molecule has 0 saturated heterocycles. The topological polar surface area (TPSA) is 105 Å². The van der Waals surface area contributed by atoms with Gasteiger partial charge in [-0.3, -0.25) is 4.79 Å². The van der Waals surface area contributed by atoms with E-state index in [9.17, 15) is 22.4 Å². The van der Waals surface area contributed by atoms with Gasteiger partial charge < -0.3 is 15.4 Å². The van der Waals surface area contributed by atoms with Gasteiger partial charge >= 0.3 is 6.09 Å². The lowest BCUT2D eigenvalue weighted by molar-refractivity contribution is 0.0533. The summed E-state index contributed by atoms with van der Waals surface area (Å²) in [6.45, 7) is 12.5. The van der Waals surface area contributed by atoms with Gasteiger partial charge in [0.25, 0.3) is 5.91 Å². The van der Waals surface area contributed by atoms with E-state index in [2.05, 4.69) is 10.6 Å². The molecule has 2 aromatic rings. The molecule has 0 radical (unpaired) electrons. The molecule has 8 nitrogen and oxygen atoms in total. The van der Waals surface area contributed by atoms with Gasteiger partial charge in [-0.2, -0.15) is 4.31 Å². The van der Waals surface area contributed by atoms with Crippen molar-refractivity contribution in [3.63, 3.8) is 0 Å². The van der Waals surface area contributed by atoms with Gasteiger partial charge in [0.2, 0.25) is 10.0 Å². The largest absolute Gasteiger partial charge is 0.444 e. The van der Waals surface area contributed by atoms with Gasteiger partial charge in [-0.15, -0.1) is 11.8 Å². The van der Waals surface area contributed by atoms with Crippen LogP contribution in [-0.4, -0.2) is 54.7 Å². The number of rotatable bonds is 11. The van der Waals surface area contributed by atoms with E-state index in [4.69, 9.17) is 4.74 Å². The number of thioether (sulfide) groups is 1. The van der Waals surface area contributed by atoms with Gasteiger partial charge in [0.05, 0.1) is 10.5 Å². The molecule has 2 amide bonds. The highest BCUT2D eigenvalue weighted by molar-refractivity contribution is 7.99. The van der Waals surface area contributed by atoms with Crippen molar-refractivity contribution in [2.24, 2.45) is 0 Å². The number of amides is 2. The van der Waals surface area contributed by atoms with Gasteiger partial charge in [-0.05, 0) is 90.9 Å². The average Bonchev–Trinajstić information content (AvgIpc) is 2.81. The Balaban J connectivity index is 2.04. The number of carbonyl (C=O) groups excluding carboxylic acids is 2. The fraction of sp³-hybridized carbons (Fsp3) is 0.429. The monoisotopic (exact) mass is 579 g/mol. The van der Waals surface area contributed by atoms with Crippen LogP contribution >= 0.6 is 11.8 Å². The molecule has 0 saturated carbocycles. The van der Waals surface area contributed by atoms with E-state index >= 15 is 0 Å². The predicted octanol–water partition coefficient (Wildman–Crippen LogP) is 6.22. The number of benzene rings is 2. The molecule has 0 bridgehead atoms. The third-order valence-electron chi connectivity index (χ3n) is 5.17. The van der Waals surface area contributed by atoms with Gasteiger partial charge in [0.1, 0.15) is 11.4 Å². The van der Waals surface area contributed by atoms with Gasteiger partial charge in [0.15, 0.2) is 0 Å². The maximum atomic E-state index is 14.3. The van der Waals surface area contributed by atoms with Crippen LogP contribution in [0.15, 0.2) is 70.2 Å². The molecule has 11 heteroatoms. The first kappa shape index (κ1) is 32.3. The van der Waals surface area contributed by atoms with Crippen molar-refractivity contribution in [3.8, 4) is 0 Å². The van der Waals surface area contributed by atoms with Crippen LogP contribution in [-0.2, 0) is 14.8 Å². The Morgan fingerprint density at radius 2 is 1.62 bits per heavy atom. The molecule has 214 valence electrons. The first-order valence-corrected chi connectivity index (χ1v) is 15.0. The Hall–Kier alpha value is -2.89. The zero-order valence-electron chi connectivity index (χ0n) is 23.4.